The molecule has 1 saturated heterocycles. The van der Waals surface area contributed by atoms with Crippen molar-refractivity contribution in [1.82, 2.24) is 4.90 Å². The van der Waals surface area contributed by atoms with Gasteiger partial charge < -0.3 is 29.4 Å². The van der Waals surface area contributed by atoms with Gasteiger partial charge >= 0.3 is 6.09 Å². The van der Waals surface area contributed by atoms with Gasteiger partial charge in [-0.1, -0.05) is 111 Å². The molecule has 288 valence electrons. The molecular formula is C42H49N5O7Si. The van der Waals surface area contributed by atoms with Gasteiger partial charge in [0.1, 0.15) is 28.6 Å². The van der Waals surface area contributed by atoms with Gasteiger partial charge in [0.05, 0.1) is 25.8 Å². The first-order valence-corrected chi connectivity index (χ1v) is 20.2. The number of nitrogens with zero attached hydrogens (tertiary/aromatic N) is 4. The van der Waals surface area contributed by atoms with E-state index in [1.54, 1.807) is 62.6 Å². The van der Waals surface area contributed by atoms with E-state index in [4.69, 9.17) is 13.9 Å². The van der Waals surface area contributed by atoms with Crippen molar-refractivity contribution in [2.45, 2.75) is 88.1 Å². The Morgan fingerprint density at radius 1 is 0.982 bits per heavy atom. The van der Waals surface area contributed by atoms with Crippen LogP contribution >= 0.6 is 0 Å². The van der Waals surface area contributed by atoms with Gasteiger partial charge in [0, 0.05) is 22.7 Å². The number of anilines is 1. The zero-order valence-electron chi connectivity index (χ0n) is 32.3. The number of rotatable bonds is 12. The molecule has 1 aliphatic carbocycles. The molecule has 0 aromatic heterocycles. The lowest BCUT2D eigenvalue weighted by atomic mass is 9.72. The molecule has 6 atom stereocenters. The summed E-state index contributed by atoms with van der Waals surface area (Å²) in [6.07, 6.45) is -1.84. The van der Waals surface area contributed by atoms with Crippen LogP contribution in [0.5, 0.6) is 5.75 Å². The molecular weight excluding hydrogens is 715 g/mol. The van der Waals surface area contributed by atoms with E-state index in [-0.39, 0.29) is 12.3 Å². The van der Waals surface area contributed by atoms with E-state index in [2.05, 4.69) is 36.1 Å². The molecule has 0 radical (unpaired) electrons. The highest BCUT2D eigenvalue weighted by atomic mass is 28.4. The Kier molecular flexibility index (Phi) is 10.6. The Hall–Kier alpha value is -5.17. The molecule has 1 aliphatic heterocycles. The summed E-state index contributed by atoms with van der Waals surface area (Å²) in [6, 6.07) is 31.0. The van der Waals surface area contributed by atoms with Gasteiger partial charge in [-0.15, -0.1) is 0 Å². The second-order valence-corrected chi connectivity index (χ2v) is 19.9. The lowest BCUT2D eigenvalue weighted by molar-refractivity contribution is -0.189. The Labute approximate surface area is 322 Å². The van der Waals surface area contributed by atoms with Crippen LogP contribution in [0.25, 0.3) is 10.4 Å². The number of azide groups is 1. The van der Waals surface area contributed by atoms with E-state index in [9.17, 15) is 25.3 Å². The van der Waals surface area contributed by atoms with Crippen LogP contribution in [-0.4, -0.2) is 84.0 Å². The summed E-state index contributed by atoms with van der Waals surface area (Å²) >= 11 is 0. The van der Waals surface area contributed by atoms with Crippen molar-refractivity contribution in [1.29, 1.82) is 0 Å². The number of methoxy groups -OCH3 is 1. The number of aliphatic hydroxyl groups is 2. The van der Waals surface area contributed by atoms with Gasteiger partial charge in [-0.3, -0.25) is 9.69 Å². The maximum absolute atomic E-state index is 14.0. The van der Waals surface area contributed by atoms with Crippen LogP contribution in [0.1, 0.15) is 57.5 Å². The van der Waals surface area contributed by atoms with E-state index < -0.39 is 61.0 Å². The second kappa shape index (κ2) is 14.8. The summed E-state index contributed by atoms with van der Waals surface area (Å²) in [5, 5.41) is 35.9. The van der Waals surface area contributed by atoms with Crippen LogP contribution in [0.4, 0.5) is 10.5 Å². The SMILES string of the molecule is COc1ccc(CN2C(=O)O[C@@H](C)[C@@]23[C@@H](N=[N+]=[N-])[C@H](Nc2cccc(C(C)=O)c2)[C@](O)(CO[Si](c2ccccc2)(c2ccccc2)C(C)(C)C)[C@]3(C)O)cc1. The van der Waals surface area contributed by atoms with Crippen LogP contribution in [-0.2, 0) is 15.7 Å². The zero-order valence-corrected chi connectivity index (χ0v) is 33.3. The molecule has 1 spiro atoms. The first-order valence-electron chi connectivity index (χ1n) is 18.3. The minimum Gasteiger partial charge on any atom is -0.497 e. The summed E-state index contributed by atoms with van der Waals surface area (Å²) in [6.45, 7) is 10.3. The number of carbonyl (C=O) groups excluding carboxylic acids is 2. The van der Waals surface area contributed by atoms with E-state index >= 15 is 0 Å². The average molecular weight is 764 g/mol. The topological polar surface area (TPSA) is 166 Å². The Morgan fingerprint density at radius 3 is 2.11 bits per heavy atom. The minimum atomic E-state index is -3.35. The maximum atomic E-state index is 14.0. The molecule has 1 amide bonds. The molecule has 4 aromatic carbocycles. The van der Waals surface area contributed by atoms with Gasteiger partial charge in [0.2, 0.25) is 0 Å². The predicted molar refractivity (Wildman–Crippen MR) is 213 cm³/mol. The van der Waals surface area contributed by atoms with Crippen LogP contribution in [0, 0.1) is 0 Å². The van der Waals surface area contributed by atoms with Crippen LogP contribution < -0.4 is 20.4 Å². The molecule has 2 fully saturated rings. The third-order valence-electron chi connectivity index (χ3n) is 11.7. The molecule has 2 aliphatic rings. The van der Waals surface area contributed by atoms with Crippen molar-refractivity contribution in [3.8, 4) is 5.75 Å². The summed E-state index contributed by atoms with van der Waals surface area (Å²) in [5.41, 5.74) is 5.34. The molecule has 1 heterocycles. The molecule has 13 heteroatoms. The number of hydrogen-bond donors (Lipinski definition) is 3. The number of hydrogen-bond acceptors (Lipinski definition) is 9. The smallest absolute Gasteiger partial charge is 0.411 e. The maximum Gasteiger partial charge on any atom is 0.411 e. The van der Waals surface area contributed by atoms with Crippen molar-refractivity contribution in [3.05, 3.63) is 131 Å². The fraction of sp³-hybridized carbons (Fsp3) is 0.381. The highest BCUT2D eigenvalue weighted by Crippen LogP contribution is 2.57. The van der Waals surface area contributed by atoms with Gasteiger partial charge in [0.25, 0.3) is 8.32 Å². The monoisotopic (exact) mass is 763 g/mol. The first-order chi connectivity index (χ1) is 26.1. The van der Waals surface area contributed by atoms with E-state index in [1.807, 2.05) is 60.7 Å². The van der Waals surface area contributed by atoms with E-state index in [0.29, 0.717) is 22.6 Å². The number of cyclic esters (lactones) is 1. The average Bonchev–Trinajstić information content (AvgIpc) is 3.49. The third-order valence-corrected chi connectivity index (χ3v) is 16.6. The number of amides is 1. The molecule has 55 heavy (non-hydrogen) atoms. The van der Waals surface area contributed by atoms with E-state index in [0.717, 1.165) is 10.4 Å². The van der Waals surface area contributed by atoms with Crippen molar-refractivity contribution < 1.29 is 33.7 Å². The number of carbonyl (C=O) groups is 2. The highest BCUT2D eigenvalue weighted by molar-refractivity contribution is 6.99. The summed E-state index contributed by atoms with van der Waals surface area (Å²) in [5.74, 6) is 0.437. The van der Waals surface area contributed by atoms with Crippen molar-refractivity contribution in [2.75, 3.05) is 19.0 Å². The molecule has 6 rings (SSSR count). The number of benzene rings is 4. The van der Waals surface area contributed by atoms with Crippen molar-refractivity contribution in [3.63, 3.8) is 0 Å². The first kappa shape index (κ1) is 39.5. The van der Waals surface area contributed by atoms with Crippen molar-refractivity contribution >= 4 is 36.3 Å². The molecule has 12 nitrogen and oxygen atoms in total. The Bertz CT molecular complexity index is 2030. The lowest BCUT2D eigenvalue weighted by Gasteiger charge is -2.50. The van der Waals surface area contributed by atoms with Crippen LogP contribution in [0.2, 0.25) is 5.04 Å². The van der Waals surface area contributed by atoms with Gasteiger partial charge in [-0.25, -0.2) is 4.79 Å². The standard InChI is InChI=1S/C42H49N5O7Si/c1-28(48)31-15-14-16-32(25-31)44-36-37(45-46-43)42(29(2)54-38(49)47(42)26-30-21-23-33(52-7)24-22-30)40(6,50)41(36,51)27-53-55(39(3,4)5,34-17-10-8-11-18-34)35-19-12-9-13-20-35/h8-25,29,36-37,44,50-51H,26-27H2,1-7H3/t29-,36-,37-,40-,41+,42-/m0/s1. The molecule has 3 N–H and O–H groups in total. The van der Waals surface area contributed by atoms with Crippen molar-refractivity contribution in [2.24, 2.45) is 5.11 Å². The summed E-state index contributed by atoms with van der Waals surface area (Å²) < 4.78 is 18.6. The summed E-state index contributed by atoms with van der Waals surface area (Å²) in [4.78, 5) is 31.1. The Morgan fingerprint density at radius 2 is 1.58 bits per heavy atom. The fourth-order valence-corrected chi connectivity index (χ4v) is 13.5. The lowest BCUT2D eigenvalue weighted by Crippen LogP contribution is -2.73. The normalized spacial score (nSPS) is 26.4. The van der Waals surface area contributed by atoms with Gasteiger partial charge in [-0.2, -0.15) is 0 Å². The van der Waals surface area contributed by atoms with E-state index in [1.165, 1.54) is 18.7 Å². The Balaban J connectivity index is 1.58. The quantitative estimate of drug-likeness (QED) is 0.0504. The van der Waals surface area contributed by atoms with Gasteiger partial charge in [0.15, 0.2) is 5.78 Å². The van der Waals surface area contributed by atoms with Gasteiger partial charge in [-0.05, 0) is 71.5 Å². The minimum absolute atomic E-state index is 0.0566. The highest BCUT2D eigenvalue weighted by Gasteiger charge is 2.81. The number of ether oxygens (including phenoxy) is 2. The number of ketones is 1. The third kappa shape index (κ3) is 6.35. The zero-order chi connectivity index (χ0) is 39.8. The molecule has 4 aromatic rings. The molecule has 0 bridgehead atoms. The van der Waals surface area contributed by atoms with Crippen LogP contribution in [0.15, 0.2) is 114 Å². The number of Topliss-reactive ketones (excluding diaryl/α,β-unsaturated/α-hetero) is 1. The largest absolute Gasteiger partial charge is 0.497 e. The molecule has 0 unspecified atom stereocenters. The predicted octanol–water partition coefficient (Wildman–Crippen LogP) is 6.21. The molecule has 1 saturated carbocycles. The van der Waals surface area contributed by atoms with Crippen LogP contribution in [0.3, 0.4) is 0 Å². The number of nitrogens with one attached hydrogen (secondary N) is 1. The fourth-order valence-electron chi connectivity index (χ4n) is 8.92. The second-order valence-electron chi connectivity index (χ2n) is 15.6. The summed E-state index contributed by atoms with van der Waals surface area (Å²) in [7, 11) is -1.80.